The van der Waals surface area contributed by atoms with Crippen LogP contribution in [0.2, 0.25) is 5.02 Å². The molecule has 1 N–H and O–H groups in total. The molecule has 1 saturated heterocycles. The minimum absolute atomic E-state index is 0.125. The molecule has 0 aromatic heterocycles. The van der Waals surface area contributed by atoms with Gasteiger partial charge in [-0.3, -0.25) is 14.5 Å². The van der Waals surface area contributed by atoms with Crippen LogP contribution >= 0.6 is 23.4 Å². The molecule has 2 aromatic rings. The quantitative estimate of drug-likeness (QED) is 0.820. The van der Waals surface area contributed by atoms with Gasteiger partial charge in [-0.15, -0.1) is 0 Å². The van der Waals surface area contributed by atoms with E-state index in [-0.39, 0.29) is 18.2 Å². The summed E-state index contributed by atoms with van der Waals surface area (Å²) in [6, 6.07) is 12.8. The molecule has 0 spiro atoms. The number of aliphatic imine (C=N–C) groups is 1. The normalized spacial score (nSPS) is 18.7. The lowest BCUT2D eigenvalue weighted by Crippen LogP contribution is -2.43. The second-order valence-corrected chi connectivity index (χ2v) is 8.03. The zero-order chi connectivity index (χ0) is 19.6. The molecule has 0 bridgehead atoms. The molecule has 2 amide bonds. The van der Waals surface area contributed by atoms with E-state index in [1.165, 1.54) is 22.2 Å². The van der Waals surface area contributed by atoms with Crippen LogP contribution in [0.15, 0.2) is 47.5 Å². The minimum atomic E-state index is -0.544. The highest BCUT2D eigenvalue weighted by Gasteiger charge is 2.34. The Hall–Kier alpha value is -2.31. The highest BCUT2D eigenvalue weighted by molar-refractivity contribution is 8.15. The van der Waals surface area contributed by atoms with Crippen molar-refractivity contribution < 1.29 is 9.59 Å². The van der Waals surface area contributed by atoms with E-state index in [9.17, 15) is 9.59 Å². The fourth-order valence-corrected chi connectivity index (χ4v) is 3.85. The van der Waals surface area contributed by atoms with Gasteiger partial charge in [0.2, 0.25) is 11.8 Å². The maximum atomic E-state index is 12.6. The maximum absolute atomic E-state index is 12.6. The number of rotatable bonds is 3. The van der Waals surface area contributed by atoms with Crippen LogP contribution in [-0.2, 0) is 9.59 Å². The summed E-state index contributed by atoms with van der Waals surface area (Å²) >= 11 is 7.25. The third-order valence-corrected chi connectivity index (χ3v) is 5.84. The number of benzene rings is 2. The van der Waals surface area contributed by atoms with Crippen LogP contribution < -0.4 is 5.32 Å². The SMILES string of the molecule is Cc1ccc(N=C2S[C@@H](C(=O)Nc3cccc(Cl)c3)CC(=O)N2C)cc1C. The molecular weight excluding hydrogens is 382 g/mol. The van der Waals surface area contributed by atoms with Crippen molar-refractivity contribution in [2.24, 2.45) is 4.99 Å². The highest BCUT2D eigenvalue weighted by atomic mass is 35.5. The number of anilines is 1. The van der Waals surface area contributed by atoms with Crippen molar-refractivity contribution >= 4 is 51.7 Å². The van der Waals surface area contributed by atoms with Crippen molar-refractivity contribution in [2.45, 2.75) is 25.5 Å². The van der Waals surface area contributed by atoms with Crippen LogP contribution in [0.4, 0.5) is 11.4 Å². The first-order valence-corrected chi connectivity index (χ1v) is 9.75. The number of amides is 2. The van der Waals surface area contributed by atoms with Crippen LogP contribution in [0, 0.1) is 13.8 Å². The van der Waals surface area contributed by atoms with Crippen LogP contribution in [0.3, 0.4) is 0 Å². The molecule has 1 heterocycles. The molecule has 2 aromatic carbocycles. The summed E-state index contributed by atoms with van der Waals surface area (Å²) in [6.07, 6.45) is 0.125. The molecule has 1 atom stereocenters. The Morgan fingerprint density at radius 1 is 1.22 bits per heavy atom. The van der Waals surface area contributed by atoms with E-state index in [2.05, 4.69) is 10.3 Å². The number of aryl methyl sites for hydroxylation is 2. The smallest absolute Gasteiger partial charge is 0.238 e. The predicted molar refractivity (Wildman–Crippen MR) is 112 cm³/mol. The van der Waals surface area contributed by atoms with Gasteiger partial charge in [-0.25, -0.2) is 4.99 Å². The summed E-state index contributed by atoms with van der Waals surface area (Å²) in [7, 11) is 1.68. The summed E-state index contributed by atoms with van der Waals surface area (Å²) in [6.45, 7) is 4.05. The van der Waals surface area contributed by atoms with Crippen LogP contribution in [-0.4, -0.2) is 34.2 Å². The molecule has 0 saturated carbocycles. The number of amidine groups is 1. The van der Waals surface area contributed by atoms with Gasteiger partial charge in [0.05, 0.1) is 5.69 Å². The molecule has 3 rings (SSSR count). The molecule has 5 nitrogen and oxygen atoms in total. The van der Waals surface area contributed by atoms with E-state index in [1.54, 1.807) is 31.3 Å². The minimum Gasteiger partial charge on any atom is -0.325 e. The van der Waals surface area contributed by atoms with Gasteiger partial charge < -0.3 is 5.32 Å². The van der Waals surface area contributed by atoms with Gasteiger partial charge in [0.1, 0.15) is 5.25 Å². The second-order valence-electron chi connectivity index (χ2n) is 6.43. The van der Waals surface area contributed by atoms with Gasteiger partial charge in [-0.2, -0.15) is 0 Å². The van der Waals surface area contributed by atoms with Crippen molar-refractivity contribution in [1.29, 1.82) is 0 Å². The number of carbonyl (C=O) groups is 2. The van der Waals surface area contributed by atoms with E-state index in [1.807, 2.05) is 32.0 Å². The number of thioether (sulfide) groups is 1. The Morgan fingerprint density at radius 2 is 2.00 bits per heavy atom. The van der Waals surface area contributed by atoms with Crippen LogP contribution in [0.1, 0.15) is 17.5 Å². The molecule has 0 radical (unpaired) electrons. The number of hydrogen-bond acceptors (Lipinski definition) is 4. The first kappa shape index (κ1) is 19.5. The fraction of sp³-hybridized carbons (Fsp3) is 0.250. The Morgan fingerprint density at radius 3 is 2.70 bits per heavy atom. The van der Waals surface area contributed by atoms with E-state index in [0.717, 1.165) is 11.3 Å². The molecule has 27 heavy (non-hydrogen) atoms. The lowest BCUT2D eigenvalue weighted by molar-refractivity contribution is -0.128. The Kier molecular flexibility index (Phi) is 5.87. The first-order valence-electron chi connectivity index (χ1n) is 8.49. The van der Waals surface area contributed by atoms with Crippen molar-refractivity contribution in [1.82, 2.24) is 4.90 Å². The van der Waals surface area contributed by atoms with Crippen LogP contribution in [0.5, 0.6) is 0 Å². The van der Waals surface area contributed by atoms with E-state index < -0.39 is 5.25 Å². The molecule has 0 unspecified atom stereocenters. The van der Waals surface area contributed by atoms with E-state index >= 15 is 0 Å². The van der Waals surface area contributed by atoms with E-state index in [4.69, 9.17) is 11.6 Å². The van der Waals surface area contributed by atoms with Crippen molar-refractivity contribution in [3.8, 4) is 0 Å². The van der Waals surface area contributed by atoms with Gasteiger partial charge in [-0.05, 0) is 55.3 Å². The molecule has 1 aliphatic rings. The summed E-state index contributed by atoms with van der Waals surface area (Å²) in [4.78, 5) is 31.1. The number of hydrogen-bond donors (Lipinski definition) is 1. The summed E-state index contributed by atoms with van der Waals surface area (Å²) in [5.74, 6) is -0.376. The zero-order valence-corrected chi connectivity index (χ0v) is 16.9. The Labute approximate surface area is 167 Å². The van der Waals surface area contributed by atoms with Crippen molar-refractivity contribution in [2.75, 3.05) is 12.4 Å². The molecule has 140 valence electrons. The molecule has 0 aliphatic carbocycles. The molecule has 7 heteroatoms. The van der Waals surface area contributed by atoms with E-state index in [0.29, 0.717) is 15.9 Å². The second kappa shape index (κ2) is 8.15. The van der Waals surface area contributed by atoms with Gasteiger partial charge >= 0.3 is 0 Å². The Balaban J connectivity index is 1.80. The number of nitrogens with zero attached hydrogens (tertiary/aromatic N) is 2. The lowest BCUT2D eigenvalue weighted by atomic mass is 10.1. The summed E-state index contributed by atoms with van der Waals surface area (Å²) in [5.41, 5.74) is 3.67. The molecule has 1 aliphatic heterocycles. The Bertz CT molecular complexity index is 929. The molecular formula is C20H20ClN3O2S. The van der Waals surface area contributed by atoms with Gasteiger partial charge in [0, 0.05) is 24.2 Å². The third kappa shape index (κ3) is 4.70. The molecule has 1 fully saturated rings. The first-order chi connectivity index (χ1) is 12.8. The maximum Gasteiger partial charge on any atom is 0.238 e. The zero-order valence-electron chi connectivity index (χ0n) is 15.3. The van der Waals surface area contributed by atoms with Gasteiger partial charge in [0.25, 0.3) is 0 Å². The lowest BCUT2D eigenvalue weighted by Gasteiger charge is -2.28. The van der Waals surface area contributed by atoms with Crippen LogP contribution in [0.25, 0.3) is 0 Å². The highest BCUT2D eigenvalue weighted by Crippen LogP contribution is 2.29. The standard InChI is InChI=1S/C20H20ClN3O2S/c1-12-7-8-16(9-13(12)2)23-20-24(3)18(25)11-17(27-20)19(26)22-15-6-4-5-14(21)10-15/h4-10,17H,11H2,1-3H3,(H,22,26)/t17-/m1/s1. The fourth-order valence-electron chi connectivity index (χ4n) is 2.59. The summed E-state index contributed by atoms with van der Waals surface area (Å²) in [5, 5.41) is 3.33. The third-order valence-electron chi connectivity index (χ3n) is 4.37. The average Bonchev–Trinajstić information content (AvgIpc) is 2.62. The van der Waals surface area contributed by atoms with Crippen molar-refractivity contribution in [3.63, 3.8) is 0 Å². The number of carbonyl (C=O) groups excluding carboxylic acids is 2. The number of nitrogens with one attached hydrogen (secondary N) is 1. The average molecular weight is 402 g/mol. The van der Waals surface area contributed by atoms with Gasteiger partial charge in [-0.1, -0.05) is 35.5 Å². The monoisotopic (exact) mass is 401 g/mol. The largest absolute Gasteiger partial charge is 0.325 e. The topological polar surface area (TPSA) is 61.8 Å². The van der Waals surface area contributed by atoms with Crippen molar-refractivity contribution in [3.05, 3.63) is 58.6 Å². The predicted octanol–water partition coefficient (Wildman–Crippen LogP) is 4.55. The number of halogens is 1. The summed E-state index contributed by atoms with van der Waals surface area (Å²) < 4.78 is 0. The van der Waals surface area contributed by atoms with Gasteiger partial charge in [0.15, 0.2) is 5.17 Å².